The highest BCUT2D eigenvalue weighted by molar-refractivity contribution is 7.89. The Bertz CT molecular complexity index is 571. The van der Waals surface area contributed by atoms with Crippen molar-refractivity contribution in [2.24, 2.45) is 5.92 Å². The highest BCUT2D eigenvalue weighted by Gasteiger charge is 2.26. The number of methoxy groups -OCH3 is 1. The molecule has 0 aliphatic rings. The van der Waals surface area contributed by atoms with Gasteiger partial charge in [-0.15, -0.1) is 0 Å². The van der Waals surface area contributed by atoms with Gasteiger partial charge in [0.25, 0.3) is 0 Å². The number of rotatable bonds is 7. The van der Waals surface area contributed by atoms with Gasteiger partial charge >= 0.3 is 5.97 Å². The van der Waals surface area contributed by atoms with Gasteiger partial charge in [-0.25, -0.2) is 8.42 Å². The van der Waals surface area contributed by atoms with Gasteiger partial charge in [0, 0.05) is 12.3 Å². The minimum Gasteiger partial charge on any atom is -0.495 e. The van der Waals surface area contributed by atoms with Gasteiger partial charge in [-0.3, -0.25) is 9.78 Å². The van der Waals surface area contributed by atoms with Crippen molar-refractivity contribution in [1.29, 1.82) is 0 Å². The van der Waals surface area contributed by atoms with Gasteiger partial charge in [-0.2, -0.15) is 4.72 Å². The van der Waals surface area contributed by atoms with E-state index in [1.54, 1.807) is 0 Å². The highest BCUT2D eigenvalue weighted by atomic mass is 32.2. The fourth-order valence-electron chi connectivity index (χ4n) is 1.58. The maximum atomic E-state index is 12.1. The average Bonchev–Trinajstić information content (AvgIpc) is 2.37. The molecular weight excluding hydrogens is 284 g/mol. The highest BCUT2D eigenvalue weighted by Crippen LogP contribution is 2.16. The molecule has 7 nitrogen and oxygen atoms in total. The molecule has 112 valence electrons. The number of carboxylic acid groups (broad SMARTS) is 1. The van der Waals surface area contributed by atoms with Crippen LogP contribution in [0.15, 0.2) is 23.4 Å². The third-order valence-electron chi connectivity index (χ3n) is 2.54. The molecule has 0 spiro atoms. The second kappa shape index (κ2) is 6.67. The van der Waals surface area contributed by atoms with Gasteiger partial charge in [0.1, 0.15) is 16.7 Å². The molecule has 2 N–H and O–H groups in total. The number of nitrogens with zero attached hydrogens (tertiary/aromatic N) is 1. The number of pyridine rings is 1. The molecule has 0 bridgehead atoms. The maximum absolute atomic E-state index is 12.1. The summed E-state index contributed by atoms with van der Waals surface area (Å²) in [6.07, 6.45) is 2.70. The predicted octanol–water partition coefficient (Wildman–Crippen LogP) is 0.868. The molecule has 8 heteroatoms. The second-order valence-corrected chi connectivity index (χ2v) is 6.42. The zero-order chi connectivity index (χ0) is 15.3. The van der Waals surface area contributed by atoms with E-state index in [9.17, 15) is 13.2 Å². The molecule has 1 atom stereocenters. The standard InChI is InChI=1S/C12H18N2O5S/c1-8(2)4-11(12(15)16)14-20(17,18)10-5-9(19-3)6-13-7-10/h5-8,11,14H,4H2,1-3H3,(H,15,16). The molecule has 1 aromatic rings. The number of nitrogens with one attached hydrogen (secondary N) is 1. The summed E-state index contributed by atoms with van der Waals surface area (Å²) in [5.41, 5.74) is 0. The summed E-state index contributed by atoms with van der Waals surface area (Å²) in [6.45, 7) is 3.63. The number of carbonyl (C=O) groups is 1. The lowest BCUT2D eigenvalue weighted by Crippen LogP contribution is -2.41. The SMILES string of the molecule is COc1cncc(S(=O)(=O)NC(CC(C)C)C(=O)O)c1. The van der Waals surface area contributed by atoms with Crippen molar-refractivity contribution in [1.82, 2.24) is 9.71 Å². The first-order chi connectivity index (χ1) is 9.26. The molecule has 1 heterocycles. The summed E-state index contributed by atoms with van der Waals surface area (Å²) in [7, 11) is -2.57. The van der Waals surface area contributed by atoms with Crippen molar-refractivity contribution in [3.8, 4) is 5.75 Å². The summed E-state index contributed by atoms with van der Waals surface area (Å²) in [5.74, 6) is -0.885. The van der Waals surface area contributed by atoms with Crippen LogP contribution in [0, 0.1) is 5.92 Å². The Morgan fingerprint density at radius 1 is 1.45 bits per heavy atom. The van der Waals surface area contributed by atoms with Crippen LogP contribution in [0.5, 0.6) is 5.75 Å². The number of hydrogen-bond acceptors (Lipinski definition) is 5. The third-order valence-corrected chi connectivity index (χ3v) is 3.98. The summed E-state index contributed by atoms with van der Waals surface area (Å²) >= 11 is 0. The quantitative estimate of drug-likeness (QED) is 0.774. The number of aliphatic carboxylic acids is 1. The van der Waals surface area contributed by atoms with Crippen molar-refractivity contribution < 1.29 is 23.1 Å². The predicted molar refractivity (Wildman–Crippen MR) is 72.0 cm³/mol. The number of carboxylic acids is 1. The number of ether oxygens (including phenoxy) is 1. The van der Waals surface area contributed by atoms with Gasteiger partial charge in [0.15, 0.2) is 0 Å². The van der Waals surface area contributed by atoms with E-state index >= 15 is 0 Å². The van der Waals surface area contributed by atoms with E-state index in [1.165, 1.54) is 19.4 Å². The van der Waals surface area contributed by atoms with Crippen LogP contribution < -0.4 is 9.46 Å². The molecule has 0 aliphatic heterocycles. The van der Waals surface area contributed by atoms with Gasteiger partial charge in [-0.05, 0) is 12.3 Å². The number of sulfonamides is 1. The molecule has 0 fully saturated rings. The third kappa shape index (κ3) is 4.46. The molecule has 0 amide bonds. The Hall–Kier alpha value is -1.67. The fourth-order valence-corrected chi connectivity index (χ4v) is 2.76. The smallest absolute Gasteiger partial charge is 0.321 e. The molecule has 20 heavy (non-hydrogen) atoms. The van der Waals surface area contributed by atoms with E-state index in [4.69, 9.17) is 9.84 Å². The van der Waals surface area contributed by atoms with Crippen molar-refractivity contribution >= 4 is 16.0 Å². The lowest BCUT2D eigenvalue weighted by atomic mass is 10.1. The first kappa shape index (κ1) is 16.4. The molecule has 0 aromatic carbocycles. The van der Waals surface area contributed by atoms with Crippen LogP contribution in [0.25, 0.3) is 0 Å². The maximum Gasteiger partial charge on any atom is 0.321 e. The first-order valence-corrected chi connectivity index (χ1v) is 7.48. The topological polar surface area (TPSA) is 106 Å². The van der Waals surface area contributed by atoms with Crippen LogP contribution in [0.3, 0.4) is 0 Å². The summed E-state index contributed by atoms with van der Waals surface area (Å²) in [5, 5.41) is 9.07. The molecule has 1 aromatic heterocycles. The van der Waals surface area contributed by atoms with Crippen LogP contribution >= 0.6 is 0 Å². The summed E-state index contributed by atoms with van der Waals surface area (Å²) in [4.78, 5) is 14.7. The van der Waals surface area contributed by atoms with E-state index in [1.807, 2.05) is 13.8 Å². The van der Waals surface area contributed by atoms with Crippen LogP contribution in [-0.2, 0) is 14.8 Å². The van der Waals surface area contributed by atoms with E-state index in [-0.39, 0.29) is 23.0 Å². The molecule has 0 saturated heterocycles. The average molecular weight is 302 g/mol. The van der Waals surface area contributed by atoms with Gasteiger partial charge in [-0.1, -0.05) is 13.8 Å². The lowest BCUT2D eigenvalue weighted by molar-refractivity contribution is -0.139. The van der Waals surface area contributed by atoms with Crippen LogP contribution in [0.1, 0.15) is 20.3 Å². The minimum atomic E-state index is -3.96. The van der Waals surface area contributed by atoms with E-state index in [2.05, 4.69) is 9.71 Å². The summed E-state index contributed by atoms with van der Waals surface area (Å²) < 4.78 is 31.3. The van der Waals surface area contributed by atoms with E-state index < -0.39 is 22.0 Å². The van der Waals surface area contributed by atoms with Crippen LogP contribution in [0.2, 0.25) is 0 Å². The lowest BCUT2D eigenvalue weighted by Gasteiger charge is -2.16. The largest absolute Gasteiger partial charge is 0.495 e. The van der Waals surface area contributed by atoms with Gasteiger partial charge in [0.2, 0.25) is 10.0 Å². The van der Waals surface area contributed by atoms with Crippen LogP contribution in [-0.4, -0.2) is 37.6 Å². The van der Waals surface area contributed by atoms with Gasteiger partial charge in [0.05, 0.1) is 13.3 Å². The molecule has 0 radical (unpaired) electrons. The van der Waals surface area contributed by atoms with Crippen LogP contribution in [0.4, 0.5) is 0 Å². The molecule has 1 rings (SSSR count). The van der Waals surface area contributed by atoms with Crippen molar-refractivity contribution in [3.63, 3.8) is 0 Å². The Balaban J connectivity index is 3.00. The van der Waals surface area contributed by atoms with Gasteiger partial charge < -0.3 is 9.84 Å². The molecule has 1 unspecified atom stereocenters. The van der Waals surface area contributed by atoms with Crippen molar-refractivity contribution in [2.45, 2.75) is 31.2 Å². The molecule has 0 aliphatic carbocycles. The Kier molecular flexibility index (Phi) is 5.46. The van der Waals surface area contributed by atoms with E-state index in [0.29, 0.717) is 0 Å². The normalized spacial score (nSPS) is 13.2. The monoisotopic (exact) mass is 302 g/mol. The number of hydrogen-bond donors (Lipinski definition) is 2. The molecular formula is C12H18N2O5S. The van der Waals surface area contributed by atoms with E-state index in [0.717, 1.165) is 6.20 Å². The Morgan fingerprint density at radius 2 is 2.10 bits per heavy atom. The summed E-state index contributed by atoms with van der Waals surface area (Å²) in [6, 6.07) is 0.107. The zero-order valence-corrected chi connectivity index (χ0v) is 12.3. The number of aromatic nitrogens is 1. The first-order valence-electron chi connectivity index (χ1n) is 6.00. The van der Waals surface area contributed by atoms with Crippen molar-refractivity contribution in [2.75, 3.05) is 7.11 Å². The zero-order valence-electron chi connectivity index (χ0n) is 11.5. The fraction of sp³-hybridized carbons (Fsp3) is 0.500. The minimum absolute atomic E-state index is 0.0437. The Labute approximate surface area is 118 Å². The second-order valence-electron chi connectivity index (χ2n) is 4.70. The Morgan fingerprint density at radius 3 is 2.60 bits per heavy atom. The molecule has 0 saturated carbocycles. The van der Waals surface area contributed by atoms with Crippen molar-refractivity contribution in [3.05, 3.63) is 18.5 Å².